The van der Waals surface area contributed by atoms with E-state index in [1.54, 1.807) is 0 Å². The summed E-state index contributed by atoms with van der Waals surface area (Å²) in [5, 5.41) is 7.52. The molecule has 10 rings (SSSR count). The maximum atomic E-state index is 5.22. The second-order valence-corrected chi connectivity index (χ2v) is 14.0. The standard InChI is InChI=1S/C48H30N2S/c1-3-13-33(14-4-1)43-30-44(34-15-5-2-6-16-34)50-48(49-43)41-28-27-37(47-46(41)40-21-11-12-22-45(40)51-47)31-23-25-32(26-24-31)42-29-35-17-7-8-18-36(35)38-19-9-10-20-39(38)42/h1-30H. The van der Waals surface area contributed by atoms with Gasteiger partial charge in [-0.2, -0.15) is 0 Å². The zero-order valence-corrected chi connectivity index (χ0v) is 28.4. The minimum absolute atomic E-state index is 0.730. The lowest BCUT2D eigenvalue weighted by Gasteiger charge is -2.13. The normalized spacial score (nSPS) is 11.5. The molecule has 3 heteroatoms. The molecule has 0 spiro atoms. The Morgan fingerprint density at radius 1 is 0.353 bits per heavy atom. The van der Waals surface area contributed by atoms with E-state index in [-0.39, 0.29) is 0 Å². The summed E-state index contributed by atoms with van der Waals surface area (Å²) >= 11 is 1.84. The average Bonchev–Trinajstić information content (AvgIpc) is 3.61. The van der Waals surface area contributed by atoms with E-state index in [9.17, 15) is 0 Å². The van der Waals surface area contributed by atoms with E-state index in [2.05, 4.69) is 170 Å². The Morgan fingerprint density at radius 3 is 1.57 bits per heavy atom. The quantitative estimate of drug-likeness (QED) is 0.171. The number of fused-ring (bicyclic) bond motifs is 6. The van der Waals surface area contributed by atoms with Crippen molar-refractivity contribution >= 4 is 53.1 Å². The van der Waals surface area contributed by atoms with Crippen molar-refractivity contribution in [3.63, 3.8) is 0 Å². The summed E-state index contributed by atoms with van der Waals surface area (Å²) in [7, 11) is 0. The fourth-order valence-corrected chi connectivity index (χ4v) is 8.71. The van der Waals surface area contributed by atoms with Crippen LogP contribution in [0.1, 0.15) is 0 Å². The second kappa shape index (κ2) is 12.2. The third-order valence-corrected chi connectivity index (χ3v) is 11.1. The molecule has 10 aromatic rings. The Bertz CT molecular complexity index is 2830. The van der Waals surface area contributed by atoms with Crippen LogP contribution >= 0.6 is 11.3 Å². The maximum absolute atomic E-state index is 5.22. The van der Waals surface area contributed by atoms with Gasteiger partial charge in [0, 0.05) is 36.9 Å². The SMILES string of the molecule is c1ccc(-c2cc(-c3ccccc3)nc(-c3ccc(-c4ccc(-c5cc6ccccc6c6ccccc56)cc4)c4sc5ccccc5c34)n2)cc1. The van der Waals surface area contributed by atoms with Crippen LogP contribution in [0.15, 0.2) is 182 Å². The highest BCUT2D eigenvalue weighted by Crippen LogP contribution is 2.45. The van der Waals surface area contributed by atoms with Gasteiger partial charge in [-0.1, -0.05) is 158 Å². The summed E-state index contributed by atoms with van der Waals surface area (Å²) in [5.74, 6) is 0.730. The van der Waals surface area contributed by atoms with Gasteiger partial charge in [0.25, 0.3) is 0 Å². The number of benzene rings is 8. The van der Waals surface area contributed by atoms with Crippen LogP contribution < -0.4 is 0 Å². The molecule has 2 heterocycles. The van der Waals surface area contributed by atoms with Crippen molar-refractivity contribution in [1.82, 2.24) is 9.97 Å². The van der Waals surface area contributed by atoms with Gasteiger partial charge in [0.15, 0.2) is 5.82 Å². The number of nitrogens with zero attached hydrogens (tertiary/aromatic N) is 2. The minimum atomic E-state index is 0.730. The van der Waals surface area contributed by atoms with Gasteiger partial charge in [0.1, 0.15) is 0 Å². The molecule has 0 saturated carbocycles. The Balaban J connectivity index is 1.15. The molecule has 0 radical (unpaired) electrons. The Kier molecular flexibility index (Phi) is 7.04. The highest BCUT2D eigenvalue weighted by atomic mass is 32.1. The van der Waals surface area contributed by atoms with Gasteiger partial charge in [-0.15, -0.1) is 11.3 Å². The van der Waals surface area contributed by atoms with Crippen LogP contribution in [0.4, 0.5) is 0 Å². The lowest BCUT2D eigenvalue weighted by Crippen LogP contribution is -1.96. The molecule has 0 unspecified atom stereocenters. The molecular weight excluding hydrogens is 637 g/mol. The summed E-state index contributed by atoms with van der Waals surface area (Å²) in [6.07, 6.45) is 0. The highest BCUT2D eigenvalue weighted by molar-refractivity contribution is 7.26. The molecule has 0 amide bonds. The molecule has 2 nitrogen and oxygen atoms in total. The lowest BCUT2D eigenvalue weighted by atomic mass is 9.92. The maximum Gasteiger partial charge on any atom is 0.161 e. The van der Waals surface area contributed by atoms with Crippen LogP contribution in [0.5, 0.6) is 0 Å². The minimum Gasteiger partial charge on any atom is -0.228 e. The van der Waals surface area contributed by atoms with E-state index in [4.69, 9.17) is 9.97 Å². The predicted molar refractivity (Wildman–Crippen MR) is 217 cm³/mol. The van der Waals surface area contributed by atoms with Gasteiger partial charge in [-0.25, -0.2) is 9.97 Å². The van der Waals surface area contributed by atoms with Crippen LogP contribution in [0.25, 0.3) is 97.9 Å². The van der Waals surface area contributed by atoms with E-state index in [1.807, 2.05) is 23.5 Å². The van der Waals surface area contributed by atoms with Crippen molar-refractivity contribution in [1.29, 1.82) is 0 Å². The van der Waals surface area contributed by atoms with E-state index < -0.39 is 0 Å². The fraction of sp³-hybridized carbons (Fsp3) is 0. The monoisotopic (exact) mass is 666 g/mol. The molecule has 0 N–H and O–H groups in total. The van der Waals surface area contributed by atoms with E-state index >= 15 is 0 Å². The van der Waals surface area contributed by atoms with E-state index in [0.717, 1.165) is 33.9 Å². The highest BCUT2D eigenvalue weighted by Gasteiger charge is 2.19. The van der Waals surface area contributed by atoms with Gasteiger partial charge in [0.05, 0.1) is 11.4 Å². The zero-order chi connectivity index (χ0) is 33.7. The summed E-state index contributed by atoms with van der Waals surface area (Å²) in [4.78, 5) is 10.4. The van der Waals surface area contributed by atoms with Crippen LogP contribution in [0, 0.1) is 0 Å². The van der Waals surface area contributed by atoms with E-state index in [0.29, 0.717) is 0 Å². The average molecular weight is 667 g/mol. The number of hydrogen-bond acceptors (Lipinski definition) is 3. The molecule has 0 saturated heterocycles. The molecule has 0 bridgehead atoms. The topological polar surface area (TPSA) is 25.8 Å². The fourth-order valence-electron chi connectivity index (χ4n) is 7.45. The third kappa shape index (κ3) is 5.10. The first-order chi connectivity index (χ1) is 25.3. The molecule has 2 aromatic heterocycles. The van der Waals surface area contributed by atoms with E-state index in [1.165, 1.54) is 64.0 Å². The smallest absolute Gasteiger partial charge is 0.161 e. The summed E-state index contributed by atoms with van der Waals surface area (Å²) in [6, 6.07) is 64.9. The van der Waals surface area contributed by atoms with Gasteiger partial charge < -0.3 is 0 Å². The molecular formula is C48H30N2S. The van der Waals surface area contributed by atoms with Gasteiger partial charge in [-0.05, 0) is 68.1 Å². The molecule has 0 aliphatic heterocycles. The van der Waals surface area contributed by atoms with Crippen molar-refractivity contribution in [2.24, 2.45) is 0 Å². The number of rotatable bonds is 5. The summed E-state index contributed by atoms with van der Waals surface area (Å²) in [5.41, 5.74) is 9.87. The molecule has 0 aliphatic carbocycles. The Hall–Kier alpha value is -6.42. The molecule has 0 fully saturated rings. The first-order valence-corrected chi connectivity index (χ1v) is 18.1. The number of aromatic nitrogens is 2. The molecule has 8 aromatic carbocycles. The Morgan fingerprint density at radius 2 is 0.882 bits per heavy atom. The molecule has 238 valence electrons. The first kappa shape index (κ1) is 29.5. The second-order valence-electron chi connectivity index (χ2n) is 12.9. The Labute approximate surface area is 300 Å². The van der Waals surface area contributed by atoms with Crippen molar-refractivity contribution in [3.05, 3.63) is 182 Å². The molecule has 0 aliphatic rings. The van der Waals surface area contributed by atoms with Gasteiger partial charge in [0.2, 0.25) is 0 Å². The summed E-state index contributed by atoms with van der Waals surface area (Å²) < 4.78 is 2.50. The number of hydrogen-bond donors (Lipinski definition) is 0. The summed E-state index contributed by atoms with van der Waals surface area (Å²) in [6.45, 7) is 0. The van der Waals surface area contributed by atoms with Crippen LogP contribution in [-0.2, 0) is 0 Å². The predicted octanol–water partition coefficient (Wildman–Crippen LogP) is 13.5. The molecule has 51 heavy (non-hydrogen) atoms. The number of thiophene rings is 1. The first-order valence-electron chi connectivity index (χ1n) is 17.2. The lowest BCUT2D eigenvalue weighted by molar-refractivity contribution is 1.19. The third-order valence-electron chi connectivity index (χ3n) is 9.91. The van der Waals surface area contributed by atoms with Crippen LogP contribution in [0.3, 0.4) is 0 Å². The van der Waals surface area contributed by atoms with Crippen molar-refractivity contribution in [3.8, 4) is 56.2 Å². The van der Waals surface area contributed by atoms with Crippen LogP contribution in [-0.4, -0.2) is 9.97 Å². The van der Waals surface area contributed by atoms with Crippen molar-refractivity contribution in [2.75, 3.05) is 0 Å². The van der Waals surface area contributed by atoms with Crippen LogP contribution in [0.2, 0.25) is 0 Å². The van der Waals surface area contributed by atoms with Gasteiger partial charge >= 0.3 is 0 Å². The van der Waals surface area contributed by atoms with Crippen molar-refractivity contribution < 1.29 is 0 Å². The molecule has 0 atom stereocenters. The zero-order valence-electron chi connectivity index (χ0n) is 27.6. The van der Waals surface area contributed by atoms with Gasteiger partial charge in [-0.3, -0.25) is 0 Å². The largest absolute Gasteiger partial charge is 0.228 e. The van der Waals surface area contributed by atoms with Crippen molar-refractivity contribution in [2.45, 2.75) is 0 Å².